The van der Waals surface area contributed by atoms with Crippen LogP contribution in [0.4, 0.5) is 0 Å². The van der Waals surface area contributed by atoms with Crippen molar-refractivity contribution in [2.75, 3.05) is 26.7 Å². The van der Waals surface area contributed by atoms with Crippen LogP contribution < -0.4 is 0 Å². The summed E-state index contributed by atoms with van der Waals surface area (Å²) in [7, 11) is 1.86. The number of carbonyl (C=O) groups is 2. The second-order valence-corrected chi connectivity index (χ2v) is 7.06. The Morgan fingerprint density at radius 3 is 3.00 bits per heavy atom. The molecular formula is C17H21N5O2. The minimum absolute atomic E-state index is 0.00669. The van der Waals surface area contributed by atoms with E-state index in [0.29, 0.717) is 24.2 Å². The number of nitrogens with zero attached hydrogens (tertiary/aromatic N) is 5. The zero-order valence-electron chi connectivity index (χ0n) is 13.8. The van der Waals surface area contributed by atoms with Crippen LogP contribution in [0.5, 0.6) is 0 Å². The van der Waals surface area contributed by atoms with E-state index in [-0.39, 0.29) is 17.2 Å². The van der Waals surface area contributed by atoms with Gasteiger partial charge in [0.25, 0.3) is 5.91 Å². The zero-order valence-corrected chi connectivity index (χ0v) is 13.8. The summed E-state index contributed by atoms with van der Waals surface area (Å²) in [5.41, 5.74) is 1.22. The molecule has 7 nitrogen and oxygen atoms in total. The Kier molecular flexibility index (Phi) is 3.51. The van der Waals surface area contributed by atoms with E-state index < -0.39 is 0 Å². The van der Waals surface area contributed by atoms with Crippen molar-refractivity contribution in [1.29, 1.82) is 0 Å². The van der Waals surface area contributed by atoms with Gasteiger partial charge in [-0.05, 0) is 31.4 Å². The number of pyridine rings is 1. The molecule has 2 amide bonds. The normalized spacial score (nSPS) is 24.8. The number of aromatic nitrogens is 3. The summed E-state index contributed by atoms with van der Waals surface area (Å²) in [6.07, 6.45) is 6.94. The van der Waals surface area contributed by atoms with Crippen LogP contribution in [-0.4, -0.2) is 62.9 Å². The Morgan fingerprint density at radius 1 is 1.29 bits per heavy atom. The molecule has 0 radical (unpaired) electrons. The third-order valence-electron chi connectivity index (χ3n) is 5.37. The van der Waals surface area contributed by atoms with Gasteiger partial charge in [-0.2, -0.15) is 0 Å². The van der Waals surface area contributed by atoms with Gasteiger partial charge in [0.15, 0.2) is 5.65 Å². The van der Waals surface area contributed by atoms with Crippen molar-refractivity contribution in [3.8, 4) is 0 Å². The Bertz CT molecular complexity index is 801. The summed E-state index contributed by atoms with van der Waals surface area (Å²) >= 11 is 0. The Labute approximate surface area is 140 Å². The van der Waals surface area contributed by atoms with Crippen LogP contribution in [0.25, 0.3) is 5.65 Å². The quantitative estimate of drug-likeness (QED) is 0.789. The van der Waals surface area contributed by atoms with E-state index in [0.717, 1.165) is 32.4 Å². The van der Waals surface area contributed by atoms with E-state index in [9.17, 15) is 9.59 Å². The smallest absolute Gasteiger partial charge is 0.257 e. The Hall–Kier alpha value is -2.44. The van der Waals surface area contributed by atoms with Crippen molar-refractivity contribution in [3.05, 3.63) is 30.2 Å². The molecule has 2 fully saturated rings. The summed E-state index contributed by atoms with van der Waals surface area (Å²) in [5, 5.41) is 7.96. The van der Waals surface area contributed by atoms with Crippen molar-refractivity contribution in [3.63, 3.8) is 0 Å². The molecule has 0 unspecified atom stereocenters. The number of fused-ring (bicyclic) bond motifs is 1. The van der Waals surface area contributed by atoms with Gasteiger partial charge in [0.05, 0.1) is 5.56 Å². The van der Waals surface area contributed by atoms with Crippen LogP contribution in [0.2, 0.25) is 0 Å². The van der Waals surface area contributed by atoms with Crippen molar-refractivity contribution in [2.45, 2.75) is 25.7 Å². The number of likely N-dealkylation sites (tertiary alicyclic amines) is 2. The lowest BCUT2D eigenvalue weighted by molar-refractivity contribution is -0.137. The van der Waals surface area contributed by atoms with Gasteiger partial charge in [-0.25, -0.2) is 0 Å². The van der Waals surface area contributed by atoms with E-state index >= 15 is 0 Å². The molecule has 126 valence electrons. The van der Waals surface area contributed by atoms with Crippen LogP contribution in [0, 0.1) is 5.41 Å². The first kappa shape index (κ1) is 15.1. The lowest BCUT2D eigenvalue weighted by Gasteiger charge is -2.47. The predicted molar refractivity (Wildman–Crippen MR) is 87.4 cm³/mol. The van der Waals surface area contributed by atoms with Crippen molar-refractivity contribution in [1.82, 2.24) is 24.4 Å². The maximum Gasteiger partial charge on any atom is 0.257 e. The summed E-state index contributed by atoms with van der Waals surface area (Å²) in [6.45, 7) is 2.21. The first-order valence-electron chi connectivity index (χ1n) is 8.40. The van der Waals surface area contributed by atoms with Gasteiger partial charge in [-0.3, -0.25) is 14.0 Å². The van der Waals surface area contributed by atoms with Gasteiger partial charge in [-0.1, -0.05) is 0 Å². The van der Waals surface area contributed by atoms with Gasteiger partial charge in [-0.15, -0.1) is 10.2 Å². The summed E-state index contributed by atoms with van der Waals surface area (Å²) < 4.78 is 1.76. The van der Waals surface area contributed by atoms with Crippen molar-refractivity contribution >= 4 is 17.5 Å². The molecule has 2 saturated heterocycles. The zero-order chi connectivity index (χ0) is 16.7. The molecule has 2 aromatic heterocycles. The van der Waals surface area contributed by atoms with Gasteiger partial charge >= 0.3 is 0 Å². The molecule has 4 heterocycles. The summed E-state index contributed by atoms with van der Waals surface area (Å²) in [5.74, 6) is 0.213. The molecule has 1 atom stereocenters. The van der Waals surface area contributed by atoms with E-state index in [4.69, 9.17) is 0 Å². The largest absolute Gasteiger partial charge is 0.345 e. The summed E-state index contributed by atoms with van der Waals surface area (Å²) in [4.78, 5) is 28.6. The highest BCUT2D eigenvalue weighted by Gasteiger charge is 2.42. The van der Waals surface area contributed by atoms with Crippen molar-refractivity contribution < 1.29 is 9.59 Å². The number of amides is 2. The average Bonchev–Trinajstić information content (AvgIpc) is 3.07. The highest BCUT2D eigenvalue weighted by atomic mass is 16.2. The lowest BCUT2D eigenvalue weighted by atomic mass is 9.73. The Balaban J connectivity index is 1.59. The number of piperidine rings is 2. The van der Waals surface area contributed by atoms with Crippen LogP contribution >= 0.6 is 0 Å². The minimum Gasteiger partial charge on any atom is -0.345 e. The molecule has 0 aromatic carbocycles. The lowest BCUT2D eigenvalue weighted by Crippen LogP contribution is -2.54. The molecule has 24 heavy (non-hydrogen) atoms. The predicted octanol–water partition coefficient (Wildman–Crippen LogP) is 1.20. The van der Waals surface area contributed by atoms with E-state index in [1.165, 1.54) is 0 Å². The molecule has 0 saturated carbocycles. The van der Waals surface area contributed by atoms with Gasteiger partial charge < -0.3 is 9.80 Å². The molecule has 1 spiro atoms. The molecular weight excluding hydrogens is 306 g/mol. The first-order chi connectivity index (χ1) is 11.6. The van der Waals surface area contributed by atoms with Crippen LogP contribution in [0.1, 0.15) is 36.0 Å². The van der Waals surface area contributed by atoms with Crippen LogP contribution in [0.3, 0.4) is 0 Å². The molecule has 0 bridgehead atoms. The minimum atomic E-state index is 0.00669. The molecule has 4 rings (SSSR count). The van der Waals surface area contributed by atoms with Crippen LogP contribution in [0.15, 0.2) is 24.7 Å². The third-order valence-corrected chi connectivity index (χ3v) is 5.37. The molecule has 7 heteroatoms. The molecule has 2 aliphatic rings. The molecule has 0 N–H and O–H groups in total. The maximum atomic E-state index is 13.0. The monoisotopic (exact) mass is 327 g/mol. The number of hydrogen-bond donors (Lipinski definition) is 0. The highest BCUT2D eigenvalue weighted by molar-refractivity contribution is 5.99. The van der Waals surface area contributed by atoms with E-state index in [2.05, 4.69) is 10.2 Å². The van der Waals surface area contributed by atoms with Gasteiger partial charge in [0.2, 0.25) is 5.91 Å². The summed E-state index contributed by atoms with van der Waals surface area (Å²) in [6, 6.07) is 3.65. The van der Waals surface area contributed by atoms with Gasteiger partial charge in [0, 0.05) is 44.7 Å². The first-order valence-corrected chi connectivity index (χ1v) is 8.40. The number of hydrogen-bond acceptors (Lipinski definition) is 4. The van der Waals surface area contributed by atoms with Crippen molar-refractivity contribution in [2.24, 2.45) is 5.41 Å². The second kappa shape index (κ2) is 5.58. The number of carbonyl (C=O) groups excluding carboxylic acids is 2. The highest BCUT2D eigenvalue weighted by Crippen LogP contribution is 2.38. The maximum absolute atomic E-state index is 13.0. The standard InChI is InChI=1S/C17H21N5O2/c1-20-10-17(7-5-14(20)23)6-3-9-21(11-17)16(24)13-4-2-8-22-12-18-19-15(13)22/h2,4,8,12H,3,5-7,9-11H2,1H3/t17-/m1/s1. The van der Waals surface area contributed by atoms with Crippen LogP contribution in [-0.2, 0) is 4.79 Å². The van der Waals surface area contributed by atoms with Gasteiger partial charge in [0.1, 0.15) is 6.33 Å². The topological polar surface area (TPSA) is 70.8 Å². The third kappa shape index (κ3) is 2.44. The second-order valence-electron chi connectivity index (χ2n) is 7.06. The fraction of sp³-hybridized carbons (Fsp3) is 0.529. The molecule has 2 aromatic rings. The SMILES string of the molecule is CN1C[C@@]2(CCCN(C(=O)c3cccn4cnnc34)C2)CCC1=O. The van der Waals surface area contributed by atoms with E-state index in [1.54, 1.807) is 10.7 Å². The fourth-order valence-corrected chi connectivity index (χ4v) is 4.14. The number of rotatable bonds is 1. The van der Waals surface area contributed by atoms with E-state index in [1.807, 2.05) is 35.2 Å². The molecule has 2 aliphatic heterocycles. The average molecular weight is 327 g/mol. The Morgan fingerprint density at radius 2 is 2.17 bits per heavy atom. The fourth-order valence-electron chi connectivity index (χ4n) is 4.14. The molecule has 0 aliphatic carbocycles.